The first-order chi connectivity index (χ1) is 9.58. The normalized spacial score (nSPS) is 10.4. The molecule has 1 amide bonds. The predicted octanol–water partition coefficient (Wildman–Crippen LogP) is 1.61. The van der Waals surface area contributed by atoms with Crippen LogP contribution in [0.2, 0.25) is 0 Å². The number of carbonyl (C=O) groups is 2. The van der Waals surface area contributed by atoms with Crippen molar-refractivity contribution in [3.63, 3.8) is 0 Å². The predicted molar refractivity (Wildman–Crippen MR) is 75.6 cm³/mol. The minimum absolute atomic E-state index is 0.0129. The number of pyridine rings is 1. The molecule has 0 aliphatic heterocycles. The molecular formula is C14H15N3O3. The molecule has 0 aliphatic rings. The minimum atomic E-state index is -1.07. The van der Waals surface area contributed by atoms with E-state index in [0.717, 1.165) is 5.39 Å². The van der Waals surface area contributed by atoms with Gasteiger partial charge in [-0.15, -0.1) is 0 Å². The SMILES string of the molecule is NC(=O)CCCNc1cc(C(=O)O)nc2ccccc12. The Morgan fingerprint density at radius 2 is 2.05 bits per heavy atom. The third kappa shape index (κ3) is 3.23. The third-order valence-electron chi connectivity index (χ3n) is 2.85. The number of nitrogens with two attached hydrogens (primary N) is 1. The topological polar surface area (TPSA) is 105 Å². The number of anilines is 1. The van der Waals surface area contributed by atoms with Crippen LogP contribution in [0, 0.1) is 0 Å². The second-order valence-corrected chi connectivity index (χ2v) is 4.37. The molecule has 1 aromatic carbocycles. The average molecular weight is 273 g/mol. The fourth-order valence-corrected chi connectivity index (χ4v) is 1.92. The second kappa shape index (κ2) is 6.01. The smallest absolute Gasteiger partial charge is 0.354 e. The zero-order chi connectivity index (χ0) is 14.5. The quantitative estimate of drug-likeness (QED) is 0.693. The summed E-state index contributed by atoms with van der Waals surface area (Å²) in [7, 11) is 0. The molecule has 0 unspecified atom stereocenters. The molecule has 0 radical (unpaired) electrons. The average Bonchev–Trinajstić information content (AvgIpc) is 2.42. The number of hydrogen-bond donors (Lipinski definition) is 3. The molecule has 1 aromatic heterocycles. The second-order valence-electron chi connectivity index (χ2n) is 4.37. The summed E-state index contributed by atoms with van der Waals surface area (Å²) in [4.78, 5) is 25.8. The van der Waals surface area contributed by atoms with Crippen molar-refractivity contribution >= 4 is 28.5 Å². The van der Waals surface area contributed by atoms with Gasteiger partial charge in [-0.2, -0.15) is 0 Å². The van der Waals surface area contributed by atoms with Crippen LogP contribution in [0.25, 0.3) is 10.9 Å². The summed E-state index contributed by atoms with van der Waals surface area (Å²) < 4.78 is 0. The number of primary amides is 1. The van der Waals surface area contributed by atoms with Crippen molar-refractivity contribution in [2.45, 2.75) is 12.8 Å². The van der Waals surface area contributed by atoms with Crippen LogP contribution in [-0.4, -0.2) is 28.5 Å². The van der Waals surface area contributed by atoms with Crippen molar-refractivity contribution in [2.24, 2.45) is 5.73 Å². The van der Waals surface area contributed by atoms with Gasteiger partial charge in [-0.3, -0.25) is 4.79 Å². The summed E-state index contributed by atoms with van der Waals surface area (Å²) in [5, 5.41) is 13.0. The molecule has 4 N–H and O–H groups in total. The number of para-hydroxylation sites is 1. The van der Waals surface area contributed by atoms with Crippen LogP contribution in [0.3, 0.4) is 0 Å². The van der Waals surface area contributed by atoms with Crippen molar-refractivity contribution in [3.8, 4) is 0 Å². The highest BCUT2D eigenvalue weighted by molar-refractivity contribution is 5.97. The number of aromatic nitrogens is 1. The highest BCUT2D eigenvalue weighted by atomic mass is 16.4. The Morgan fingerprint density at radius 3 is 2.75 bits per heavy atom. The first-order valence-corrected chi connectivity index (χ1v) is 6.23. The number of fused-ring (bicyclic) bond motifs is 1. The van der Waals surface area contributed by atoms with Crippen molar-refractivity contribution < 1.29 is 14.7 Å². The molecular weight excluding hydrogens is 258 g/mol. The summed E-state index contributed by atoms with van der Waals surface area (Å²) >= 11 is 0. The number of aromatic carboxylic acids is 1. The molecule has 6 heteroatoms. The van der Waals surface area contributed by atoms with Crippen LogP contribution < -0.4 is 11.1 Å². The Hall–Kier alpha value is -2.63. The summed E-state index contributed by atoms with van der Waals surface area (Å²) in [6.07, 6.45) is 0.885. The van der Waals surface area contributed by atoms with Crippen molar-refractivity contribution in [1.82, 2.24) is 4.98 Å². The molecule has 2 aromatic rings. The lowest BCUT2D eigenvalue weighted by Gasteiger charge is -2.10. The molecule has 0 fully saturated rings. The van der Waals surface area contributed by atoms with Gasteiger partial charge in [0.1, 0.15) is 0 Å². The van der Waals surface area contributed by atoms with Gasteiger partial charge in [-0.05, 0) is 18.6 Å². The van der Waals surface area contributed by atoms with E-state index in [0.29, 0.717) is 30.6 Å². The Kier molecular flexibility index (Phi) is 4.14. The lowest BCUT2D eigenvalue weighted by molar-refractivity contribution is -0.118. The summed E-state index contributed by atoms with van der Waals surface area (Å²) in [5.41, 5.74) is 6.37. The van der Waals surface area contributed by atoms with E-state index >= 15 is 0 Å². The number of benzene rings is 1. The monoisotopic (exact) mass is 273 g/mol. The van der Waals surface area contributed by atoms with E-state index in [1.807, 2.05) is 12.1 Å². The lowest BCUT2D eigenvalue weighted by atomic mass is 10.1. The largest absolute Gasteiger partial charge is 0.477 e. The number of carboxylic acid groups (broad SMARTS) is 1. The van der Waals surface area contributed by atoms with Crippen LogP contribution in [-0.2, 0) is 4.79 Å². The molecule has 20 heavy (non-hydrogen) atoms. The van der Waals surface area contributed by atoms with E-state index in [9.17, 15) is 9.59 Å². The maximum atomic E-state index is 11.1. The number of amides is 1. The van der Waals surface area contributed by atoms with Crippen molar-refractivity contribution in [3.05, 3.63) is 36.0 Å². The van der Waals surface area contributed by atoms with E-state index in [1.54, 1.807) is 12.1 Å². The van der Waals surface area contributed by atoms with Crippen LogP contribution in [0.4, 0.5) is 5.69 Å². The molecule has 0 saturated heterocycles. The number of carbonyl (C=O) groups excluding carboxylic acids is 1. The minimum Gasteiger partial charge on any atom is -0.477 e. The van der Waals surface area contributed by atoms with Crippen molar-refractivity contribution in [2.75, 3.05) is 11.9 Å². The van der Waals surface area contributed by atoms with Gasteiger partial charge in [-0.1, -0.05) is 18.2 Å². The van der Waals surface area contributed by atoms with Crippen molar-refractivity contribution in [1.29, 1.82) is 0 Å². The summed E-state index contributed by atoms with van der Waals surface area (Å²) in [6, 6.07) is 8.78. The highest BCUT2D eigenvalue weighted by Crippen LogP contribution is 2.23. The van der Waals surface area contributed by atoms with E-state index < -0.39 is 5.97 Å². The highest BCUT2D eigenvalue weighted by Gasteiger charge is 2.10. The fourth-order valence-electron chi connectivity index (χ4n) is 1.92. The van der Waals surface area contributed by atoms with E-state index in [-0.39, 0.29) is 11.6 Å². The van der Waals surface area contributed by atoms with Gasteiger partial charge in [0.15, 0.2) is 5.69 Å². The van der Waals surface area contributed by atoms with Gasteiger partial charge in [0.2, 0.25) is 5.91 Å². The fraction of sp³-hybridized carbons (Fsp3) is 0.214. The van der Waals surface area contributed by atoms with Gasteiger partial charge < -0.3 is 16.2 Å². The Labute approximate surface area is 115 Å². The van der Waals surface area contributed by atoms with Gasteiger partial charge in [0.05, 0.1) is 5.52 Å². The number of hydrogen-bond acceptors (Lipinski definition) is 4. The summed E-state index contributed by atoms with van der Waals surface area (Å²) in [6.45, 7) is 0.538. The molecule has 6 nitrogen and oxygen atoms in total. The Morgan fingerprint density at radius 1 is 1.30 bits per heavy atom. The number of rotatable bonds is 6. The molecule has 0 saturated carbocycles. The summed E-state index contributed by atoms with van der Waals surface area (Å²) in [5.74, 6) is -1.42. The molecule has 2 rings (SSSR count). The Bertz CT molecular complexity index is 655. The van der Waals surface area contributed by atoms with Gasteiger partial charge in [0.25, 0.3) is 0 Å². The van der Waals surface area contributed by atoms with E-state index in [4.69, 9.17) is 10.8 Å². The maximum absolute atomic E-state index is 11.1. The van der Waals surface area contributed by atoms with E-state index in [1.165, 1.54) is 6.07 Å². The zero-order valence-electron chi connectivity index (χ0n) is 10.8. The first kappa shape index (κ1) is 13.8. The molecule has 104 valence electrons. The zero-order valence-corrected chi connectivity index (χ0v) is 10.8. The van der Waals surface area contributed by atoms with Gasteiger partial charge in [0, 0.05) is 24.0 Å². The Balaban J connectivity index is 2.25. The third-order valence-corrected chi connectivity index (χ3v) is 2.85. The maximum Gasteiger partial charge on any atom is 0.354 e. The van der Waals surface area contributed by atoms with Gasteiger partial charge in [-0.25, -0.2) is 9.78 Å². The van der Waals surface area contributed by atoms with Crippen LogP contribution >= 0.6 is 0 Å². The standard InChI is InChI=1S/C14H15N3O3/c15-13(18)6-3-7-16-11-8-12(14(19)20)17-10-5-2-1-4-9(10)11/h1-2,4-5,8H,3,6-7H2,(H2,15,18)(H,16,17)(H,19,20). The van der Waals surface area contributed by atoms with Crippen LogP contribution in [0.15, 0.2) is 30.3 Å². The first-order valence-electron chi connectivity index (χ1n) is 6.23. The van der Waals surface area contributed by atoms with Crippen LogP contribution in [0.5, 0.6) is 0 Å². The number of carboxylic acids is 1. The molecule has 0 spiro atoms. The number of nitrogens with zero attached hydrogens (tertiary/aromatic N) is 1. The van der Waals surface area contributed by atoms with E-state index in [2.05, 4.69) is 10.3 Å². The number of nitrogens with one attached hydrogen (secondary N) is 1. The molecule has 0 bridgehead atoms. The molecule has 1 heterocycles. The lowest BCUT2D eigenvalue weighted by Crippen LogP contribution is -2.13. The van der Waals surface area contributed by atoms with Crippen LogP contribution in [0.1, 0.15) is 23.3 Å². The molecule has 0 aliphatic carbocycles. The van der Waals surface area contributed by atoms with Gasteiger partial charge >= 0.3 is 5.97 Å². The molecule has 0 atom stereocenters.